The molecule has 1 rings (SSSR count). The van der Waals surface area contributed by atoms with E-state index < -0.39 is 0 Å². The molecule has 0 spiro atoms. The molecule has 0 radical (unpaired) electrons. The van der Waals surface area contributed by atoms with Gasteiger partial charge in [0.15, 0.2) is 0 Å². The summed E-state index contributed by atoms with van der Waals surface area (Å²) in [5.41, 5.74) is 2.51. The molecule has 1 aromatic rings. The first-order valence-corrected chi connectivity index (χ1v) is 6.05. The normalized spacial score (nSPS) is 13.1. The molecule has 1 atom stereocenters. The van der Waals surface area contributed by atoms with Gasteiger partial charge in [0.25, 0.3) is 0 Å². The molecule has 0 saturated heterocycles. The molecule has 0 bridgehead atoms. The maximum Gasteiger partial charge on any atom is 0.219 e. The second kappa shape index (κ2) is 5.99. The fourth-order valence-corrected chi connectivity index (χ4v) is 2.06. The lowest BCUT2D eigenvalue weighted by Crippen LogP contribution is -2.31. The van der Waals surface area contributed by atoms with Crippen LogP contribution in [-0.4, -0.2) is 27.7 Å². The monoisotopic (exact) mass is 229 g/mol. The lowest BCUT2D eigenvalue weighted by molar-refractivity contribution is 0.205. The number of nitrogen functional groups attached to an aromatic ring is 1. The van der Waals surface area contributed by atoms with Crippen LogP contribution in [0.15, 0.2) is 0 Å². The highest BCUT2D eigenvalue weighted by atomic mass is 32.1. The number of hydrazine groups is 1. The van der Waals surface area contributed by atoms with E-state index >= 15 is 0 Å². The summed E-state index contributed by atoms with van der Waals surface area (Å²) in [7, 11) is 0. The molecule has 3 N–H and O–H groups in total. The SMILES string of the molecule is CCC(C)N(CC)Cc1nnc(NN)s1. The van der Waals surface area contributed by atoms with E-state index in [0.717, 1.165) is 24.5 Å². The van der Waals surface area contributed by atoms with Crippen molar-refractivity contribution < 1.29 is 0 Å². The van der Waals surface area contributed by atoms with Crippen molar-refractivity contribution in [3.63, 3.8) is 0 Å². The molecule has 1 aromatic heterocycles. The lowest BCUT2D eigenvalue weighted by atomic mass is 10.2. The predicted molar refractivity (Wildman–Crippen MR) is 63.6 cm³/mol. The van der Waals surface area contributed by atoms with Gasteiger partial charge in [0, 0.05) is 6.04 Å². The maximum absolute atomic E-state index is 5.26. The molecule has 0 aliphatic heterocycles. The fraction of sp³-hybridized carbons (Fsp3) is 0.778. The number of nitrogens with two attached hydrogens (primary N) is 1. The third-order valence-corrected chi connectivity index (χ3v) is 3.39. The predicted octanol–water partition coefficient (Wildman–Crippen LogP) is 1.44. The molecule has 0 aromatic carbocycles. The zero-order valence-corrected chi connectivity index (χ0v) is 10.3. The molecule has 1 unspecified atom stereocenters. The number of hydrogen-bond acceptors (Lipinski definition) is 6. The van der Waals surface area contributed by atoms with Crippen LogP contribution in [0.2, 0.25) is 0 Å². The van der Waals surface area contributed by atoms with Crippen LogP contribution >= 0.6 is 11.3 Å². The summed E-state index contributed by atoms with van der Waals surface area (Å²) in [6, 6.07) is 0.577. The highest BCUT2D eigenvalue weighted by molar-refractivity contribution is 7.15. The van der Waals surface area contributed by atoms with Crippen molar-refractivity contribution in [3.8, 4) is 0 Å². The summed E-state index contributed by atoms with van der Waals surface area (Å²) in [5, 5.41) is 9.66. The van der Waals surface area contributed by atoms with E-state index in [2.05, 4.69) is 41.3 Å². The lowest BCUT2D eigenvalue weighted by Gasteiger charge is -2.25. The summed E-state index contributed by atoms with van der Waals surface area (Å²) in [6.45, 7) is 8.47. The van der Waals surface area contributed by atoms with Gasteiger partial charge in [-0.3, -0.25) is 10.3 Å². The summed E-state index contributed by atoms with van der Waals surface area (Å²) in [5.74, 6) is 5.26. The van der Waals surface area contributed by atoms with Crippen molar-refractivity contribution in [2.45, 2.75) is 39.8 Å². The van der Waals surface area contributed by atoms with Crippen LogP contribution < -0.4 is 11.3 Å². The molecule has 6 heteroatoms. The fourth-order valence-electron chi connectivity index (χ4n) is 1.39. The minimum absolute atomic E-state index is 0.577. The van der Waals surface area contributed by atoms with Gasteiger partial charge in [-0.25, -0.2) is 5.84 Å². The van der Waals surface area contributed by atoms with Crippen LogP contribution in [0.1, 0.15) is 32.2 Å². The first-order chi connectivity index (χ1) is 7.21. The van der Waals surface area contributed by atoms with Crippen molar-refractivity contribution in [2.24, 2.45) is 5.84 Å². The Labute approximate surface area is 94.7 Å². The number of nitrogens with zero attached hydrogens (tertiary/aromatic N) is 3. The zero-order chi connectivity index (χ0) is 11.3. The average molecular weight is 229 g/mol. The second-order valence-electron chi connectivity index (χ2n) is 3.47. The van der Waals surface area contributed by atoms with Gasteiger partial charge in [-0.1, -0.05) is 25.2 Å². The van der Waals surface area contributed by atoms with Crippen LogP contribution in [-0.2, 0) is 6.54 Å². The molecule has 1 heterocycles. The Bertz CT molecular complexity index is 288. The van der Waals surface area contributed by atoms with Crippen LogP contribution in [0.3, 0.4) is 0 Å². The maximum atomic E-state index is 5.26. The van der Waals surface area contributed by atoms with E-state index in [4.69, 9.17) is 5.84 Å². The van der Waals surface area contributed by atoms with Gasteiger partial charge >= 0.3 is 0 Å². The zero-order valence-electron chi connectivity index (χ0n) is 9.53. The first kappa shape index (κ1) is 12.4. The van der Waals surface area contributed by atoms with E-state index in [0.29, 0.717) is 11.2 Å². The average Bonchev–Trinajstić information content (AvgIpc) is 2.72. The van der Waals surface area contributed by atoms with E-state index in [1.54, 1.807) is 0 Å². The Balaban J connectivity index is 2.58. The van der Waals surface area contributed by atoms with E-state index in [1.807, 2.05) is 0 Å². The molecule has 15 heavy (non-hydrogen) atoms. The molecule has 0 saturated carbocycles. The van der Waals surface area contributed by atoms with Gasteiger partial charge < -0.3 is 0 Å². The Morgan fingerprint density at radius 2 is 2.20 bits per heavy atom. The van der Waals surface area contributed by atoms with Gasteiger partial charge in [-0.15, -0.1) is 10.2 Å². The third-order valence-electron chi connectivity index (χ3n) is 2.55. The standard InChI is InChI=1S/C9H19N5S/c1-4-7(3)14(5-2)6-8-12-13-9(11-10)15-8/h7H,4-6,10H2,1-3H3,(H,11,13). The van der Waals surface area contributed by atoms with Crippen molar-refractivity contribution in [1.82, 2.24) is 15.1 Å². The largest absolute Gasteiger partial charge is 0.298 e. The summed E-state index contributed by atoms with van der Waals surface area (Å²) in [4.78, 5) is 2.38. The highest BCUT2D eigenvalue weighted by Crippen LogP contribution is 2.17. The molecule has 0 amide bonds. The minimum Gasteiger partial charge on any atom is -0.298 e. The van der Waals surface area contributed by atoms with Gasteiger partial charge in [0.05, 0.1) is 6.54 Å². The smallest absolute Gasteiger partial charge is 0.219 e. The van der Waals surface area contributed by atoms with Gasteiger partial charge in [-0.05, 0) is 19.9 Å². The molecule has 86 valence electrons. The van der Waals surface area contributed by atoms with E-state index in [1.165, 1.54) is 11.3 Å². The Kier molecular flexibility index (Phi) is 4.93. The molecule has 0 aliphatic carbocycles. The van der Waals surface area contributed by atoms with Crippen LogP contribution in [0.5, 0.6) is 0 Å². The van der Waals surface area contributed by atoms with Crippen molar-refractivity contribution >= 4 is 16.5 Å². The Hall–Kier alpha value is -0.720. The van der Waals surface area contributed by atoms with E-state index in [-0.39, 0.29) is 0 Å². The van der Waals surface area contributed by atoms with Crippen LogP contribution in [0.4, 0.5) is 5.13 Å². The Morgan fingerprint density at radius 1 is 1.47 bits per heavy atom. The number of aromatic nitrogens is 2. The Morgan fingerprint density at radius 3 is 2.67 bits per heavy atom. The quantitative estimate of drug-likeness (QED) is 0.571. The van der Waals surface area contributed by atoms with Crippen molar-refractivity contribution in [2.75, 3.05) is 12.0 Å². The number of nitrogens with one attached hydrogen (secondary N) is 1. The van der Waals surface area contributed by atoms with Crippen molar-refractivity contribution in [1.29, 1.82) is 0 Å². The minimum atomic E-state index is 0.577. The van der Waals surface area contributed by atoms with E-state index in [9.17, 15) is 0 Å². The topological polar surface area (TPSA) is 67.1 Å². The molecular formula is C9H19N5S. The molecule has 5 nitrogen and oxygen atoms in total. The third kappa shape index (κ3) is 3.40. The number of rotatable bonds is 6. The van der Waals surface area contributed by atoms with Gasteiger partial charge in [0.1, 0.15) is 5.01 Å². The van der Waals surface area contributed by atoms with Crippen LogP contribution in [0, 0.1) is 0 Å². The number of anilines is 1. The second-order valence-corrected chi connectivity index (χ2v) is 4.53. The summed E-state index contributed by atoms with van der Waals surface area (Å²) < 4.78 is 0. The number of hydrogen-bond donors (Lipinski definition) is 2. The van der Waals surface area contributed by atoms with Gasteiger partial charge in [0.2, 0.25) is 5.13 Å². The summed E-state index contributed by atoms with van der Waals surface area (Å²) >= 11 is 1.50. The molecule has 0 aliphatic rings. The molecular weight excluding hydrogens is 210 g/mol. The van der Waals surface area contributed by atoms with Gasteiger partial charge in [-0.2, -0.15) is 0 Å². The molecule has 0 fully saturated rings. The summed E-state index contributed by atoms with van der Waals surface area (Å²) in [6.07, 6.45) is 1.15. The first-order valence-electron chi connectivity index (χ1n) is 5.24. The highest BCUT2D eigenvalue weighted by Gasteiger charge is 2.13. The van der Waals surface area contributed by atoms with Crippen LogP contribution in [0.25, 0.3) is 0 Å². The van der Waals surface area contributed by atoms with Crippen molar-refractivity contribution in [3.05, 3.63) is 5.01 Å².